The van der Waals surface area contributed by atoms with Gasteiger partial charge < -0.3 is 5.73 Å². The van der Waals surface area contributed by atoms with E-state index in [1.165, 1.54) is 16.9 Å². The molecule has 0 aliphatic carbocycles. The summed E-state index contributed by atoms with van der Waals surface area (Å²) in [4.78, 5) is 12.2. The van der Waals surface area contributed by atoms with E-state index in [0.717, 1.165) is 0 Å². The lowest BCUT2D eigenvalue weighted by atomic mass is 10.1. The average molecular weight is 270 g/mol. The van der Waals surface area contributed by atoms with Crippen molar-refractivity contribution in [3.63, 3.8) is 0 Å². The Morgan fingerprint density at radius 1 is 1.35 bits per heavy atom. The first-order valence-corrected chi connectivity index (χ1v) is 5.53. The lowest BCUT2D eigenvalue weighted by Crippen LogP contribution is -2.09. The fourth-order valence-electron chi connectivity index (χ4n) is 1.49. The van der Waals surface area contributed by atoms with Gasteiger partial charge in [0.15, 0.2) is 0 Å². The Morgan fingerprint density at radius 2 is 2.06 bits per heavy atom. The minimum absolute atomic E-state index is 0.238. The summed E-state index contributed by atoms with van der Waals surface area (Å²) >= 11 is 11.7. The second-order valence-corrected chi connectivity index (χ2v) is 4.34. The number of rotatable bonds is 2. The molecule has 1 aromatic heterocycles. The highest BCUT2D eigenvalue weighted by Crippen LogP contribution is 2.23. The van der Waals surface area contributed by atoms with Crippen LogP contribution in [0.25, 0.3) is 0 Å². The quantitative estimate of drug-likeness (QED) is 0.673. The summed E-state index contributed by atoms with van der Waals surface area (Å²) in [5.41, 5.74) is 6.76. The van der Waals surface area contributed by atoms with Gasteiger partial charge in [-0.2, -0.15) is 5.10 Å². The smallest absolute Gasteiger partial charge is 0.212 e. The van der Waals surface area contributed by atoms with Crippen LogP contribution in [0.2, 0.25) is 10.0 Å². The normalized spacial score (nSPS) is 10.5. The Labute approximate surface area is 108 Å². The predicted molar refractivity (Wildman–Crippen MR) is 67.5 cm³/mol. The number of carbonyl (C=O) groups is 1. The summed E-state index contributed by atoms with van der Waals surface area (Å²) in [5, 5.41) is 4.63. The van der Waals surface area contributed by atoms with E-state index in [4.69, 9.17) is 28.9 Å². The first-order chi connectivity index (χ1) is 8.00. The zero-order valence-electron chi connectivity index (χ0n) is 8.95. The number of nitrogens with two attached hydrogens (primary N) is 1. The predicted octanol–water partition coefficient (Wildman–Crippen LogP) is 2.54. The fourth-order valence-corrected chi connectivity index (χ4v) is 1.86. The minimum Gasteiger partial charge on any atom is -0.398 e. The molecule has 0 radical (unpaired) electrons. The van der Waals surface area contributed by atoms with Crippen molar-refractivity contribution in [2.24, 2.45) is 7.05 Å². The molecular formula is C11H9Cl2N3O. The number of carbonyl (C=O) groups excluding carboxylic acids is 1. The first kappa shape index (κ1) is 12.0. The van der Waals surface area contributed by atoms with Crippen molar-refractivity contribution in [1.82, 2.24) is 9.78 Å². The number of aromatic nitrogens is 2. The van der Waals surface area contributed by atoms with Crippen LogP contribution in [-0.2, 0) is 7.05 Å². The van der Waals surface area contributed by atoms with E-state index in [9.17, 15) is 4.79 Å². The van der Waals surface area contributed by atoms with Crippen LogP contribution in [0.1, 0.15) is 16.1 Å². The SMILES string of the molecule is Cn1ncc(Cl)c1C(=O)c1ccc(Cl)c(N)c1. The molecule has 0 aliphatic rings. The number of halogens is 2. The molecule has 0 unspecified atom stereocenters. The Balaban J connectivity index is 2.48. The van der Waals surface area contributed by atoms with Gasteiger partial charge in [0.25, 0.3) is 0 Å². The molecule has 2 N–H and O–H groups in total. The topological polar surface area (TPSA) is 60.9 Å². The largest absolute Gasteiger partial charge is 0.398 e. The Hall–Kier alpha value is -1.52. The number of nitrogens with zero attached hydrogens (tertiary/aromatic N) is 2. The summed E-state index contributed by atoms with van der Waals surface area (Å²) in [6.45, 7) is 0. The van der Waals surface area contributed by atoms with E-state index in [-0.39, 0.29) is 5.78 Å². The molecule has 88 valence electrons. The monoisotopic (exact) mass is 269 g/mol. The molecule has 0 atom stereocenters. The van der Waals surface area contributed by atoms with Gasteiger partial charge in [-0.15, -0.1) is 0 Å². The van der Waals surface area contributed by atoms with Gasteiger partial charge >= 0.3 is 0 Å². The highest BCUT2D eigenvalue weighted by atomic mass is 35.5. The highest BCUT2D eigenvalue weighted by molar-refractivity contribution is 6.35. The molecule has 0 saturated heterocycles. The van der Waals surface area contributed by atoms with Gasteiger partial charge in [-0.3, -0.25) is 9.48 Å². The van der Waals surface area contributed by atoms with Crippen LogP contribution in [-0.4, -0.2) is 15.6 Å². The van der Waals surface area contributed by atoms with Crippen molar-refractivity contribution in [3.05, 3.63) is 45.7 Å². The number of anilines is 1. The van der Waals surface area contributed by atoms with Gasteiger partial charge in [-0.1, -0.05) is 23.2 Å². The minimum atomic E-state index is -0.238. The lowest BCUT2D eigenvalue weighted by Gasteiger charge is -2.04. The fraction of sp³-hybridized carbons (Fsp3) is 0.0909. The molecule has 0 aliphatic heterocycles. The number of hydrogen-bond acceptors (Lipinski definition) is 3. The molecular weight excluding hydrogens is 261 g/mol. The Bertz CT molecular complexity index is 573. The third-order valence-corrected chi connectivity index (χ3v) is 2.99. The van der Waals surface area contributed by atoms with Gasteiger partial charge in [0.1, 0.15) is 5.69 Å². The third kappa shape index (κ3) is 2.14. The van der Waals surface area contributed by atoms with Crippen LogP contribution >= 0.6 is 23.2 Å². The number of ketones is 1. The van der Waals surface area contributed by atoms with Gasteiger partial charge in [-0.25, -0.2) is 0 Å². The van der Waals surface area contributed by atoms with Crippen molar-refractivity contribution in [2.75, 3.05) is 5.73 Å². The van der Waals surface area contributed by atoms with Crippen LogP contribution < -0.4 is 5.73 Å². The van der Waals surface area contributed by atoms with E-state index < -0.39 is 0 Å². The van der Waals surface area contributed by atoms with Crippen molar-refractivity contribution in [2.45, 2.75) is 0 Å². The van der Waals surface area contributed by atoms with E-state index in [0.29, 0.717) is 27.0 Å². The summed E-state index contributed by atoms with van der Waals surface area (Å²) in [7, 11) is 1.65. The summed E-state index contributed by atoms with van der Waals surface area (Å²) in [6, 6.07) is 4.70. The van der Waals surface area contributed by atoms with Crippen molar-refractivity contribution in [3.8, 4) is 0 Å². The van der Waals surface area contributed by atoms with Gasteiger partial charge in [-0.05, 0) is 18.2 Å². The highest BCUT2D eigenvalue weighted by Gasteiger charge is 2.18. The van der Waals surface area contributed by atoms with Crippen LogP contribution in [0.4, 0.5) is 5.69 Å². The molecule has 2 aromatic rings. The molecule has 17 heavy (non-hydrogen) atoms. The molecule has 0 fully saturated rings. The van der Waals surface area contributed by atoms with Crippen LogP contribution in [0.3, 0.4) is 0 Å². The molecule has 0 bridgehead atoms. The molecule has 1 aromatic carbocycles. The van der Waals surface area contributed by atoms with E-state index in [1.54, 1.807) is 19.2 Å². The molecule has 0 spiro atoms. The zero-order chi connectivity index (χ0) is 12.6. The van der Waals surface area contributed by atoms with Crippen molar-refractivity contribution < 1.29 is 4.79 Å². The third-order valence-electron chi connectivity index (χ3n) is 2.37. The number of aryl methyl sites for hydroxylation is 1. The maximum absolute atomic E-state index is 12.2. The maximum Gasteiger partial charge on any atom is 0.212 e. The molecule has 2 rings (SSSR count). The molecule has 0 amide bonds. The van der Waals surface area contributed by atoms with Gasteiger partial charge in [0.05, 0.1) is 21.9 Å². The van der Waals surface area contributed by atoms with Gasteiger partial charge in [0.2, 0.25) is 5.78 Å². The summed E-state index contributed by atoms with van der Waals surface area (Å²) in [6.07, 6.45) is 1.42. The van der Waals surface area contributed by atoms with Crippen LogP contribution in [0, 0.1) is 0 Å². The second kappa shape index (κ2) is 4.39. The maximum atomic E-state index is 12.2. The first-order valence-electron chi connectivity index (χ1n) is 4.78. The lowest BCUT2D eigenvalue weighted by molar-refractivity contribution is 0.103. The molecule has 0 saturated carbocycles. The van der Waals surface area contributed by atoms with Gasteiger partial charge in [0, 0.05) is 12.6 Å². The molecule has 6 heteroatoms. The molecule has 1 heterocycles. The number of nitrogen functional groups attached to an aromatic ring is 1. The van der Waals surface area contributed by atoms with Crippen molar-refractivity contribution in [1.29, 1.82) is 0 Å². The Morgan fingerprint density at radius 3 is 2.59 bits per heavy atom. The van der Waals surface area contributed by atoms with Crippen LogP contribution in [0.15, 0.2) is 24.4 Å². The van der Waals surface area contributed by atoms with E-state index in [1.807, 2.05) is 0 Å². The number of benzene rings is 1. The molecule has 4 nitrogen and oxygen atoms in total. The van der Waals surface area contributed by atoms with E-state index in [2.05, 4.69) is 5.10 Å². The second-order valence-electron chi connectivity index (χ2n) is 3.53. The standard InChI is InChI=1S/C11H9Cl2N3O/c1-16-10(8(13)5-15-16)11(17)6-2-3-7(12)9(14)4-6/h2-5H,14H2,1H3. The average Bonchev–Trinajstić information content (AvgIpc) is 2.62. The van der Waals surface area contributed by atoms with E-state index >= 15 is 0 Å². The summed E-state index contributed by atoms with van der Waals surface area (Å²) < 4.78 is 1.43. The zero-order valence-corrected chi connectivity index (χ0v) is 10.5. The van der Waals surface area contributed by atoms with Crippen LogP contribution in [0.5, 0.6) is 0 Å². The number of hydrogen-bond donors (Lipinski definition) is 1. The van der Waals surface area contributed by atoms with Crippen molar-refractivity contribution >= 4 is 34.7 Å². The Kier molecular flexibility index (Phi) is 3.09. The summed E-state index contributed by atoms with van der Waals surface area (Å²) in [5.74, 6) is -0.238.